The number of ether oxygens (including phenoxy) is 1. The molecule has 0 radical (unpaired) electrons. The number of benzene rings is 2. The highest BCUT2D eigenvalue weighted by Gasteiger charge is 2.51. The molecule has 0 saturated heterocycles. The van der Waals surface area contributed by atoms with Crippen LogP contribution in [0.1, 0.15) is 66.7 Å². The minimum absolute atomic E-state index is 0.0466. The summed E-state index contributed by atoms with van der Waals surface area (Å²) in [4.78, 5) is 11.0. The average Bonchev–Trinajstić information content (AvgIpc) is 2.77. The van der Waals surface area contributed by atoms with Gasteiger partial charge in [0.2, 0.25) is 0 Å². The quantitative estimate of drug-likeness (QED) is 0.285. The molecule has 176 valence electrons. The van der Waals surface area contributed by atoms with E-state index in [0.717, 1.165) is 32.0 Å². The van der Waals surface area contributed by atoms with Crippen molar-refractivity contribution in [3.63, 3.8) is 0 Å². The van der Waals surface area contributed by atoms with Gasteiger partial charge in [0.25, 0.3) is 8.32 Å². The molecule has 32 heavy (non-hydrogen) atoms. The Morgan fingerprint density at radius 1 is 0.906 bits per heavy atom. The number of aldehydes is 1. The van der Waals surface area contributed by atoms with E-state index in [4.69, 9.17) is 9.16 Å². The number of carbonyl (C=O) groups excluding carboxylic acids is 1. The van der Waals surface area contributed by atoms with Gasteiger partial charge in [0.05, 0.1) is 6.10 Å². The Hall–Kier alpha value is -1.75. The van der Waals surface area contributed by atoms with Crippen molar-refractivity contribution in [1.82, 2.24) is 0 Å². The van der Waals surface area contributed by atoms with Gasteiger partial charge in [0, 0.05) is 19.6 Å². The van der Waals surface area contributed by atoms with E-state index in [1.807, 2.05) is 0 Å². The van der Waals surface area contributed by atoms with Crippen LogP contribution in [-0.2, 0) is 14.0 Å². The highest BCUT2D eigenvalue weighted by Crippen LogP contribution is 2.38. The third-order valence-corrected chi connectivity index (χ3v) is 11.5. The molecule has 3 atom stereocenters. The van der Waals surface area contributed by atoms with Crippen LogP contribution < -0.4 is 10.4 Å². The van der Waals surface area contributed by atoms with E-state index in [0.29, 0.717) is 12.3 Å². The Morgan fingerprint density at radius 3 is 1.84 bits per heavy atom. The van der Waals surface area contributed by atoms with Crippen molar-refractivity contribution in [3.8, 4) is 0 Å². The zero-order chi connectivity index (χ0) is 23.6. The molecular weight excluding hydrogens is 412 g/mol. The molecule has 2 rings (SSSR count). The smallest absolute Gasteiger partial charge is 0.261 e. The standard InChI is InChI=1S/C28H42O3Si/c1-7-14-24(22-25(30-6)21-23(2)19-20-29)31-32(28(3,4)5,26-15-10-8-11-16-26)27-17-12-9-13-18-27/h8-13,15-18,20,23-25H,7,14,19,21-22H2,1-6H3/t23-,24+,25+/m0/s1. The van der Waals surface area contributed by atoms with Crippen LogP contribution in [-0.4, -0.2) is 33.9 Å². The fraction of sp³-hybridized carbons (Fsp3) is 0.536. The van der Waals surface area contributed by atoms with Crippen LogP contribution in [0.25, 0.3) is 0 Å². The van der Waals surface area contributed by atoms with Crippen molar-refractivity contribution in [1.29, 1.82) is 0 Å². The number of carbonyl (C=O) groups is 1. The molecule has 0 aromatic heterocycles. The Kier molecular flexibility index (Phi) is 10.3. The fourth-order valence-corrected chi connectivity index (χ4v) is 9.51. The summed E-state index contributed by atoms with van der Waals surface area (Å²) in [6.07, 6.45) is 5.54. The molecule has 2 aromatic carbocycles. The van der Waals surface area contributed by atoms with E-state index in [9.17, 15) is 4.79 Å². The summed E-state index contributed by atoms with van der Waals surface area (Å²) in [5.74, 6) is 0.313. The van der Waals surface area contributed by atoms with Gasteiger partial charge in [-0.1, -0.05) is 102 Å². The molecule has 0 unspecified atom stereocenters. The molecule has 0 aliphatic rings. The topological polar surface area (TPSA) is 35.5 Å². The molecule has 0 N–H and O–H groups in total. The van der Waals surface area contributed by atoms with Crippen LogP contribution >= 0.6 is 0 Å². The van der Waals surface area contributed by atoms with Crippen LogP contribution in [0.4, 0.5) is 0 Å². The summed E-state index contributed by atoms with van der Waals surface area (Å²) in [7, 11) is -0.814. The van der Waals surface area contributed by atoms with Crippen LogP contribution in [0.5, 0.6) is 0 Å². The first kappa shape index (κ1) is 26.5. The molecule has 0 aliphatic carbocycles. The molecule has 0 bridgehead atoms. The lowest BCUT2D eigenvalue weighted by Gasteiger charge is -2.45. The Balaban J connectivity index is 2.48. The highest BCUT2D eigenvalue weighted by molar-refractivity contribution is 6.99. The molecule has 0 fully saturated rings. The third kappa shape index (κ3) is 6.63. The largest absolute Gasteiger partial charge is 0.404 e. The summed E-state index contributed by atoms with van der Waals surface area (Å²) in [5, 5.41) is 2.57. The predicted molar refractivity (Wildman–Crippen MR) is 137 cm³/mol. The predicted octanol–water partition coefficient (Wildman–Crippen LogP) is 5.75. The highest BCUT2D eigenvalue weighted by atomic mass is 28.4. The second-order valence-corrected chi connectivity index (χ2v) is 14.3. The van der Waals surface area contributed by atoms with E-state index in [-0.39, 0.29) is 17.2 Å². The van der Waals surface area contributed by atoms with Crippen molar-refractivity contribution in [2.75, 3.05) is 7.11 Å². The van der Waals surface area contributed by atoms with Crippen molar-refractivity contribution in [3.05, 3.63) is 60.7 Å². The SMILES string of the molecule is CCC[C@H](C[C@@H](C[C@@H](C)CC=O)OC)O[Si](c1ccccc1)(c1ccccc1)C(C)(C)C. The van der Waals surface area contributed by atoms with E-state index in [1.54, 1.807) is 7.11 Å². The van der Waals surface area contributed by atoms with E-state index >= 15 is 0 Å². The maximum absolute atomic E-state index is 11.0. The van der Waals surface area contributed by atoms with Gasteiger partial charge < -0.3 is 14.0 Å². The van der Waals surface area contributed by atoms with Crippen molar-refractivity contribution in [2.24, 2.45) is 5.92 Å². The molecule has 2 aromatic rings. The molecule has 0 heterocycles. The number of rotatable bonds is 13. The molecule has 4 heteroatoms. The van der Waals surface area contributed by atoms with Crippen LogP contribution in [0, 0.1) is 5.92 Å². The van der Waals surface area contributed by atoms with Gasteiger partial charge in [0.15, 0.2) is 0 Å². The fourth-order valence-electron chi connectivity index (χ4n) is 4.78. The van der Waals surface area contributed by atoms with Crippen molar-refractivity contribution >= 4 is 25.0 Å². The van der Waals surface area contributed by atoms with E-state index in [1.165, 1.54) is 10.4 Å². The van der Waals surface area contributed by atoms with E-state index in [2.05, 4.69) is 95.3 Å². The lowest BCUT2D eigenvalue weighted by Crippen LogP contribution is -2.67. The van der Waals surface area contributed by atoms with E-state index < -0.39 is 8.32 Å². The summed E-state index contributed by atoms with van der Waals surface area (Å²) < 4.78 is 13.3. The molecular formula is C28H42O3Si. The van der Waals surface area contributed by atoms with Crippen molar-refractivity contribution < 1.29 is 14.0 Å². The molecule has 0 saturated carbocycles. The lowest BCUT2D eigenvalue weighted by molar-refractivity contribution is -0.108. The van der Waals surface area contributed by atoms with Crippen LogP contribution in [0.15, 0.2) is 60.7 Å². The van der Waals surface area contributed by atoms with Gasteiger partial charge in [-0.15, -0.1) is 0 Å². The third-order valence-electron chi connectivity index (χ3n) is 6.39. The molecule has 0 spiro atoms. The first-order valence-electron chi connectivity index (χ1n) is 12.0. The second kappa shape index (κ2) is 12.5. The summed E-state index contributed by atoms with van der Waals surface area (Å²) >= 11 is 0. The Labute approximate surface area is 196 Å². The number of hydrogen-bond donors (Lipinski definition) is 0. The maximum Gasteiger partial charge on any atom is 0.261 e. The van der Waals surface area contributed by atoms with Gasteiger partial charge in [-0.05, 0) is 40.6 Å². The minimum Gasteiger partial charge on any atom is -0.404 e. The summed E-state index contributed by atoms with van der Waals surface area (Å²) in [6, 6.07) is 21.6. The molecule has 0 amide bonds. The second-order valence-electron chi connectivity index (χ2n) is 10.0. The number of hydrogen-bond acceptors (Lipinski definition) is 3. The zero-order valence-electron chi connectivity index (χ0n) is 20.8. The minimum atomic E-state index is -2.60. The molecule has 0 aliphatic heterocycles. The van der Waals surface area contributed by atoms with Crippen LogP contribution in [0.3, 0.4) is 0 Å². The average molecular weight is 455 g/mol. The number of methoxy groups -OCH3 is 1. The lowest BCUT2D eigenvalue weighted by atomic mass is 9.96. The van der Waals surface area contributed by atoms with Crippen LogP contribution in [0.2, 0.25) is 5.04 Å². The summed E-state index contributed by atoms with van der Waals surface area (Å²) in [5.41, 5.74) is 0. The molecule has 3 nitrogen and oxygen atoms in total. The summed E-state index contributed by atoms with van der Waals surface area (Å²) in [6.45, 7) is 11.3. The normalized spacial score (nSPS) is 15.2. The first-order valence-corrected chi connectivity index (χ1v) is 13.9. The van der Waals surface area contributed by atoms with Gasteiger partial charge in [-0.25, -0.2) is 0 Å². The Morgan fingerprint density at radius 2 is 1.44 bits per heavy atom. The Bertz CT molecular complexity index is 746. The first-order chi connectivity index (χ1) is 15.3. The van der Waals surface area contributed by atoms with Gasteiger partial charge in [-0.3, -0.25) is 0 Å². The van der Waals surface area contributed by atoms with Gasteiger partial charge in [-0.2, -0.15) is 0 Å². The van der Waals surface area contributed by atoms with Crippen molar-refractivity contribution in [2.45, 2.75) is 84.0 Å². The van der Waals surface area contributed by atoms with Gasteiger partial charge >= 0.3 is 0 Å². The zero-order valence-corrected chi connectivity index (χ0v) is 21.8. The monoisotopic (exact) mass is 454 g/mol. The van der Waals surface area contributed by atoms with Gasteiger partial charge in [0.1, 0.15) is 6.29 Å². The maximum atomic E-state index is 11.0.